The van der Waals surface area contributed by atoms with Crippen LogP contribution in [-0.4, -0.2) is 20.0 Å². The minimum atomic E-state index is -0.824. The third-order valence-electron chi connectivity index (χ3n) is 3.19. The average molecular weight is 246 g/mol. The maximum absolute atomic E-state index is 5.86. The monoisotopic (exact) mass is 246 g/mol. The fourth-order valence-corrected chi connectivity index (χ4v) is 2.17. The minimum absolute atomic E-state index is 0.510. The van der Waals surface area contributed by atoms with Gasteiger partial charge in [0.1, 0.15) is 0 Å². The van der Waals surface area contributed by atoms with Gasteiger partial charge in [-0.3, -0.25) is 0 Å². The maximum atomic E-state index is 5.86. The SMILES string of the molecule is COC1(OC)CC(N)=CC=C1c1ccc(N)cc1. The Labute approximate surface area is 107 Å². The Hall–Kier alpha value is -1.78. The fraction of sp³-hybridized carbons (Fsp3) is 0.286. The lowest BCUT2D eigenvalue weighted by Gasteiger charge is -2.35. The molecule has 0 unspecified atom stereocenters. The summed E-state index contributed by atoms with van der Waals surface area (Å²) in [5.74, 6) is -0.824. The molecular formula is C14H18N2O2. The van der Waals surface area contributed by atoms with Crippen LogP contribution in [0.4, 0.5) is 5.69 Å². The molecular weight excluding hydrogens is 228 g/mol. The number of hydrogen-bond donors (Lipinski definition) is 2. The minimum Gasteiger partial charge on any atom is -0.402 e. The van der Waals surface area contributed by atoms with Crippen LogP contribution in [0, 0.1) is 0 Å². The number of anilines is 1. The highest BCUT2D eigenvalue weighted by atomic mass is 16.7. The van der Waals surface area contributed by atoms with Crippen LogP contribution >= 0.6 is 0 Å². The van der Waals surface area contributed by atoms with Crippen molar-refractivity contribution in [3.05, 3.63) is 47.7 Å². The summed E-state index contributed by atoms with van der Waals surface area (Å²) in [6.45, 7) is 0. The van der Waals surface area contributed by atoms with E-state index in [0.29, 0.717) is 6.42 Å². The van der Waals surface area contributed by atoms with Crippen LogP contribution in [0.3, 0.4) is 0 Å². The normalized spacial score (nSPS) is 18.1. The van der Waals surface area contributed by atoms with Gasteiger partial charge in [0.15, 0.2) is 5.79 Å². The maximum Gasteiger partial charge on any atom is 0.200 e. The van der Waals surface area contributed by atoms with Crippen molar-refractivity contribution < 1.29 is 9.47 Å². The summed E-state index contributed by atoms with van der Waals surface area (Å²) in [7, 11) is 3.24. The molecule has 4 heteroatoms. The first-order valence-electron chi connectivity index (χ1n) is 5.74. The average Bonchev–Trinajstić information content (AvgIpc) is 2.39. The van der Waals surface area contributed by atoms with E-state index >= 15 is 0 Å². The summed E-state index contributed by atoms with van der Waals surface area (Å²) in [5.41, 5.74) is 15.0. The molecule has 0 fully saturated rings. The van der Waals surface area contributed by atoms with Crippen molar-refractivity contribution in [2.24, 2.45) is 5.73 Å². The van der Waals surface area contributed by atoms with Crippen LogP contribution in [0.1, 0.15) is 12.0 Å². The van der Waals surface area contributed by atoms with Crippen LogP contribution in [-0.2, 0) is 9.47 Å². The number of nitrogen functional groups attached to an aromatic ring is 1. The topological polar surface area (TPSA) is 70.5 Å². The summed E-state index contributed by atoms with van der Waals surface area (Å²) < 4.78 is 11.1. The zero-order valence-electron chi connectivity index (χ0n) is 10.6. The van der Waals surface area contributed by atoms with Crippen molar-refractivity contribution in [2.45, 2.75) is 12.2 Å². The first kappa shape index (κ1) is 12.7. The van der Waals surface area contributed by atoms with Gasteiger partial charge in [0.05, 0.1) is 0 Å². The molecule has 0 amide bonds. The Balaban J connectivity index is 2.48. The van der Waals surface area contributed by atoms with Crippen LogP contribution in [0.25, 0.3) is 5.57 Å². The second-order valence-electron chi connectivity index (χ2n) is 4.28. The van der Waals surface area contributed by atoms with Gasteiger partial charge < -0.3 is 20.9 Å². The van der Waals surface area contributed by atoms with Crippen LogP contribution in [0.5, 0.6) is 0 Å². The molecule has 0 saturated heterocycles. The lowest BCUT2D eigenvalue weighted by atomic mass is 9.89. The number of benzene rings is 1. The Bertz CT molecular complexity index is 485. The molecule has 1 aromatic carbocycles. The summed E-state index contributed by atoms with van der Waals surface area (Å²) in [6, 6.07) is 7.61. The van der Waals surface area contributed by atoms with E-state index in [1.165, 1.54) is 0 Å². The molecule has 0 spiro atoms. The van der Waals surface area contributed by atoms with E-state index in [0.717, 1.165) is 22.5 Å². The quantitative estimate of drug-likeness (QED) is 0.631. The Morgan fingerprint density at radius 3 is 2.17 bits per heavy atom. The largest absolute Gasteiger partial charge is 0.402 e. The molecule has 0 radical (unpaired) electrons. The van der Waals surface area contributed by atoms with Crippen LogP contribution in [0.15, 0.2) is 42.1 Å². The predicted octanol–water partition coefficient (Wildman–Crippen LogP) is 1.89. The first-order valence-corrected chi connectivity index (χ1v) is 5.74. The highest BCUT2D eigenvalue weighted by molar-refractivity contribution is 5.75. The van der Waals surface area contributed by atoms with Crippen molar-refractivity contribution >= 4 is 11.3 Å². The summed E-state index contributed by atoms with van der Waals surface area (Å²) in [5, 5.41) is 0. The highest BCUT2D eigenvalue weighted by Crippen LogP contribution is 2.38. The van der Waals surface area contributed by atoms with E-state index in [9.17, 15) is 0 Å². The molecule has 1 aliphatic rings. The van der Waals surface area contributed by atoms with Gasteiger partial charge in [0.25, 0.3) is 0 Å². The van der Waals surface area contributed by atoms with Gasteiger partial charge in [-0.05, 0) is 23.8 Å². The Kier molecular flexibility index (Phi) is 3.41. The zero-order valence-corrected chi connectivity index (χ0v) is 10.6. The van der Waals surface area contributed by atoms with Gasteiger partial charge in [0.2, 0.25) is 0 Å². The molecule has 0 atom stereocenters. The van der Waals surface area contributed by atoms with Crippen molar-refractivity contribution in [3.63, 3.8) is 0 Å². The smallest absolute Gasteiger partial charge is 0.200 e. The lowest BCUT2D eigenvalue weighted by Crippen LogP contribution is -2.38. The second-order valence-corrected chi connectivity index (χ2v) is 4.28. The van der Waals surface area contributed by atoms with Gasteiger partial charge >= 0.3 is 0 Å². The van der Waals surface area contributed by atoms with Gasteiger partial charge in [-0.1, -0.05) is 18.2 Å². The summed E-state index contributed by atoms with van der Waals surface area (Å²) >= 11 is 0. The number of hydrogen-bond acceptors (Lipinski definition) is 4. The van der Waals surface area contributed by atoms with Gasteiger partial charge in [0, 0.05) is 37.6 Å². The van der Waals surface area contributed by atoms with E-state index < -0.39 is 5.79 Å². The molecule has 2 rings (SSSR count). The molecule has 0 aromatic heterocycles. The fourth-order valence-electron chi connectivity index (χ4n) is 2.17. The van der Waals surface area contributed by atoms with E-state index in [1.807, 2.05) is 36.4 Å². The molecule has 4 N–H and O–H groups in total. The van der Waals surface area contributed by atoms with Gasteiger partial charge in [-0.25, -0.2) is 0 Å². The van der Waals surface area contributed by atoms with Crippen molar-refractivity contribution in [3.8, 4) is 0 Å². The van der Waals surface area contributed by atoms with E-state index in [4.69, 9.17) is 20.9 Å². The molecule has 0 heterocycles. The number of methoxy groups -OCH3 is 2. The molecule has 1 aliphatic carbocycles. The number of nitrogens with two attached hydrogens (primary N) is 2. The number of ether oxygens (including phenoxy) is 2. The third kappa shape index (κ3) is 2.12. The highest BCUT2D eigenvalue weighted by Gasteiger charge is 2.37. The second kappa shape index (κ2) is 4.84. The molecule has 4 nitrogen and oxygen atoms in total. The summed E-state index contributed by atoms with van der Waals surface area (Å²) in [4.78, 5) is 0. The molecule has 96 valence electrons. The molecule has 18 heavy (non-hydrogen) atoms. The molecule has 0 bridgehead atoms. The van der Waals surface area contributed by atoms with Crippen molar-refractivity contribution in [1.29, 1.82) is 0 Å². The van der Waals surface area contributed by atoms with Crippen molar-refractivity contribution in [1.82, 2.24) is 0 Å². The summed E-state index contributed by atoms with van der Waals surface area (Å²) in [6.07, 6.45) is 4.32. The first-order chi connectivity index (χ1) is 8.61. The van der Waals surface area contributed by atoms with Crippen LogP contribution < -0.4 is 11.5 Å². The van der Waals surface area contributed by atoms with Gasteiger partial charge in [-0.2, -0.15) is 0 Å². The predicted molar refractivity (Wildman–Crippen MR) is 72.5 cm³/mol. The molecule has 0 aliphatic heterocycles. The number of rotatable bonds is 3. The van der Waals surface area contributed by atoms with Crippen molar-refractivity contribution in [2.75, 3.05) is 20.0 Å². The van der Waals surface area contributed by atoms with Gasteiger partial charge in [-0.15, -0.1) is 0 Å². The molecule has 1 aromatic rings. The van der Waals surface area contributed by atoms with Crippen LogP contribution in [0.2, 0.25) is 0 Å². The number of allylic oxidation sites excluding steroid dienone is 2. The Morgan fingerprint density at radius 1 is 1.00 bits per heavy atom. The zero-order chi connectivity index (χ0) is 13.2. The van der Waals surface area contributed by atoms with E-state index in [2.05, 4.69) is 0 Å². The third-order valence-corrected chi connectivity index (χ3v) is 3.19. The molecule has 0 saturated carbocycles. The van der Waals surface area contributed by atoms with E-state index in [1.54, 1.807) is 14.2 Å². The standard InChI is InChI=1S/C14H18N2O2/c1-17-14(18-2)9-12(16)7-8-13(14)10-3-5-11(15)6-4-10/h3-8H,9,15-16H2,1-2H3. The Morgan fingerprint density at radius 2 is 1.61 bits per heavy atom. The van der Waals surface area contributed by atoms with E-state index in [-0.39, 0.29) is 0 Å². The lowest BCUT2D eigenvalue weighted by molar-refractivity contribution is -0.160.